The highest BCUT2D eigenvalue weighted by Crippen LogP contribution is 2.12. The molecule has 1 fully saturated rings. The van der Waals surface area contributed by atoms with Crippen molar-refractivity contribution in [3.8, 4) is 0 Å². The number of amides is 1. The second-order valence-electron chi connectivity index (χ2n) is 3.39. The van der Waals surface area contributed by atoms with Gasteiger partial charge in [-0.3, -0.25) is 4.79 Å². The molecule has 0 aromatic heterocycles. The van der Waals surface area contributed by atoms with Crippen LogP contribution in [0.2, 0.25) is 0 Å². The van der Waals surface area contributed by atoms with Crippen molar-refractivity contribution in [1.82, 2.24) is 4.90 Å². The molecule has 0 aromatic carbocycles. The number of carbonyl (C=O) groups is 1. The molecule has 0 aliphatic carbocycles. The average molecular weight is 255 g/mol. The molecule has 1 heterocycles. The fourth-order valence-electron chi connectivity index (χ4n) is 1.42. The maximum absolute atomic E-state index is 11.8. The maximum Gasteiger partial charge on any atom is 0.235 e. The molecule has 1 rings (SSSR count). The third-order valence-corrected chi connectivity index (χ3v) is 3.32. The number of hydrogen-bond donors (Lipinski definition) is 1. The van der Waals surface area contributed by atoms with E-state index in [1.165, 1.54) is 0 Å². The highest BCUT2D eigenvalue weighted by molar-refractivity contribution is 7.99. The molecule has 0 radical (unpaired) electrons. The molecule has 4 nitrogen and oxygen atoms in total. The van der Waals surface area contributed by atoms with Crippen LogP contribution in [0.15, 0.2) is 0 Å². The number of morpholine rings is 1. The van der Waals surface area contributed by atoms with E-state index >= 15 is 0 Å². The second kappa shape index (κ2) is 7.33. The second-order valence-corrected chi connectivity index (χ2v) is 4.57. The third kappa shape index (κ3) is 4.18. The highest BCUT2D eigenvalue weighted by atomic mass is 35.5. The Kier molecular flexibility index (Phi) is 7.34. The van der Waals surface area contributed by atoms with Crippen molar-refractivity contribution in [2.45, 2.75) is 18.3 Å². The van der Waals surface area contributed by atoms with E-state index in [1.54, 1.807) is 11.8 Å². The van der Waals surface area contributed by atoms with Crippen LogP contribution in [0.1, 0.15) is 6.92 Å². The number of halogens is 1. The standard InChI is InChI=1S/C9H18N2O2S.ClH/c1-7(14-2)9(12)11-3-4-13-8(5-10)6-11;/h7-8H,3-6,10H2,1-2H3;1H. The average Bonchev–Trinajstić information content (AvgIpc) is 2.27. The van der Waals surface area contributed by atoms with Gasteiger partial charge in [0.15, 0.2) is 0 Å². The number of nitrogens with two attached hydrogens (primary N) is 1. The van der Waals surface area contributed by atoms with Crippen molar-refractivity contribution in [3.63, 3.8) is 0 Å². The first-order valence-electron chi connectivity index (χ1n) is 4.82. The van der Waals surface area contributed by atoms with Crippen LogP contribution in [-0.2, 0) is 9.53 Å². The summed E-state index contributed by atoms with van der Waals surface area (Å²) in [5.74, 6) is 0.194. The Balaban J connectivity index is 0.00000196. The minimum absolute atomic E-state index is 0. The van der Waals surface area contributed by atoms with Crippen molar-refractivity contribution < 1.29 is 9.53 Å². The van der Waals surface area contributed by atoms with Crippen LogP contribution >= 0.6 is 24.2 Å². The van der Waals surface area contributed by atoms with E-state index in [9.17, 15) is 4.79 Å². The van der Waals surface area contributed by atoms with Crippen molar-refractivity contribution >= 4 is 30.1 Å². The maximum atomic E-state index is 11.8. The largest absolute Gasteiger partial charge is 0.373 e. The number of nitrogens with zero attached hydrogens (tertiary/aromatic N) is 1. The minimum Gasteiger partial charge on any atom is -0.373 e. The Morgan fingerprint density at radius 3 is 2.93 bits per heavy atom. The van der Waals surface area contributed by atoms with Gasteiger partial charge in [0.05, 0.1) is 18.0 Å². The molecule has 0 saturated carbocycles. The summed E-state index contributed by atoms with van der Waals surface area (Å²) in [6.45, 7) is 4.35. The SMILES string of the molecule is CSC(C)C(=O)N1CCOC(CN)C1.Cl. The molecule has 2 unspecified atom stereocenters. The van der Waals surface area contributed by atoms with Gasteiger partial charge < -0.3 is 15.4 Å². The Morgan fingerprint density at radius 2 is 2.40 bits per heavy atom. The van der Waals surface area contributed by atoms with Gasteiger partial charge in [-0.05, 0) is 13.2 Å². The Morgan fingerprint density at radius 1 is 1.73 bits per heavy atom. The summed E-state index contributed by atoms with van der Waals surface area (Å²) < 4.78 is 5.40. The van der Waals surface area contributed by atoms with E-state index in [1.807, 2.05) is 18.1 Å². The van der Waals surface area contributed by atoms with Crippen LogP contribution in [0, 0.1) is 0 Å². The smallest absolute Gasteiger partial charge is 0.235 e. The Hall–Kier alpha value is 0.0300. The first kappa shape index (κ1) is 15.0. The van der Waals surface area contributed by atoms with Crippen molar-refractivity contribution in [2.24, 2.45) is 5.73 Å². The fraction of sp³-hybridized carbons (Fsp3) is 0.889. The summed E-state index contributed by atoms with van der Waals surface area (Å²) in [6, 6.07) is 0. The summed E-state index contributed by atoms with van der Waals surface area (Å²) in [5, 5.41) is 0.0338. The minimum atomic E-state index is 0. The molecule has 1 saturated heterocycles. The molecule has 1 aliphatic heterocycles. The summed E-state index contributed by atoms with van der Waals surface area (Å²) >= 11 is 1.57. The molecule has 0 spiro atoms. The number of rotatable bonds is 3. The van der Waals surface area contributed by atoms with E-state index in [0.717, 1.165) is 0 Å². The van der Waals surface area contributed by atoms with Gasteiger partial charge in [0.1, 0.15) is 0 Å². The van der Waals surface area contributed by atoms with Crippen LogP contribution in [-0.4, -0.2) is 54.7 Å². The van der Waals surface area contributed by atoms with Gasteiger partial charge >= 0.3 is 0 Å². The van der Waals surface area contributed by atoms with E-state index in [0.29, 0.717) is 26.2 Å². The predicted octanol–water partition coefficient (Wildman–Crippen LogP) is 0.346. The van der Waals surface area contributed by atoms with Gasteiger partial charge in [-0.15, -0.1) is 12.4 Å². The summed E-state index contributed by atoms with van der Waals surface area (Å²) in [6.07, 6.45) is 1.96. The molecule has 1 aliphatic rings. The first-order chi connectivity index (χ1) is 6.69. The topological polar surface area (TPSA) is 55.6 Å². The molecule has 2 atom stereocenters. The number of ether oxygens (including phenoxy) is 1. The molecule has 0 bridgehead atoms. The monoisotopic (exact) mass is 254 g/mol. The lowest BCUT2D eigenvalue weighted by Crippen LogP contribution is -2.50. The van der Waals surface area contributed by atoms with Gasteiger partial charge in [-0.1, -0.05) is 0 Å². The highest BCUT2D eigenvalue weighted by Gasteiger charge is 2.25. The van der Waals surface area contributed by atoms with Gasteiger partial charge in [0, 0.05) is 19.6 Å². The van der Waals surface area contributed by atoms with Crippen LogP contribution < -0.4 is 5.73 Å². The number of hydrogen-bond acceptors (Lipinski definition) is 4. The zero-order valence-electron chi connectivity index (χ0n) is 9.14. The van der Waals surface area contributed by atoms with Crippen LogP contribution in [0.4, 0.5) is 0 Å². The molecule has 2 N–H and O–H groups in total. The number of thioether (sulfide) groups is 1. The van der Waals surface area contributed by atoms with E-state index in [4.69, 9.17) is 10.5 Å². The Bertz CT molecular complexity index is 207. The molecule has 90 valence electrons. The van der Waals surface area contributed by atoms with Crippen LogP contribution in [0.3, 0.4) is 0 Å². The van der Waals surface area contributed by atoms with Crippen LogP contribution in [0.5, 0.6) is 0 Å². The quantitative estimate of drug-likeness (QED) is 0.790. The van der Waals surface area contributed by atoms with Gasteiger partial charge in [-0.25, -0.2) is 0 Å². The lowest BCUT2D eigenvalue weighted by Gasteiger charge is -2.33. The molecular weight excluding hydrogens is 236 g/mol. The van der Waals surface area contributed by atoms with Gasteiger partial charge in [0.25, 0.3) is 0 Å². The van der Waals surface area contributed by atoms with Gasteiger partial charge in [-0.2, -0.15) is 11.8 Å². The lowest BCUT2D eigenvalue weighted by atomic mass is 10.2. The van der Waals surface area contributed by atoms with Crippen molar-refractivity contribution in [1.29, 1.82) is 0 Å². The van der Waals surface area contributed by atoms with Crippen molar-refractivity contribution in [3.05, 3.63) is 0 Å². The number of carbonyl (C=O) groups excluding carboxylic acids is 1. The van der Waals surface area contributed by atoms with E-state index in [-0.39, 0.29) is 29.7 Å². The normalized spacial score (nSPS) is 23.1. The molecule has 6 heteroatoms. The Labute approximate surface area is 101 Å². The van der Waals surface area contributed by atoms with E-state index in [2.05, 4.69) is 0 Å². The van der Waals surface area contributed by atoms with Gasteiger partial charge in [0.2, 0.25) is 5.91 Å². The summed E-state index contributed by atoms with van der Waals surface area (Å²) in [7, 11) is 0. The first-order valence-corrected chi connectivity index (χ1v) is 6.11. The molecule has 0 aromatic rings. The molecular formula is C9H19ClN2O2S. The zero-order valence-corrected chi connectivity index (χ0v) is 10.8. The zero-order chi connectivity index (χ0) is 10.6. The third-order valence-electron chi connectivity index (χ3n) is 2.41. The lowest BCUT2D eigenvalue weighted by molar-refractivity contribution is -0.137. The summed E-state index contributed by atoms with van der Waals surface area (Å²) in [5.41, 5.74) is 5.51. The molecule has 1 amide bonds. The van der Waals surface area contributed by atoms with Crippen molar-refractivity contribution in [2.75, 3.05) is 32.5 Å². The predicted molar refractivity (Wildman–Crippen MR) is 65.6 cm³/mol. The van der Waals surface area contributed by atoms with E-state index < -0.39 is 0 Å². The molecule has 15 heavy (non-hydrogen) atoms. The summed E-state index contributed by atoms with van der Waals surface area (Å²) in [4.78, 5) is 13.6. The fourth-order valence-corrected chi connectivity index (χ4v) is 1.77. The van der Waals surface area contributed by atoms with Crippen LogP contribution in [0.25, 0.3) is 0 Å².